The number of halogens is 5. The topological polar surface area (TPSA) is 90.0 Å². The summed E-state index contributed by atoms with van der Waals surface area (Å²) >= 11 is 0. The smallest absolute Gasteiger partial charge is 0.366 e. The Bertz CT molecular complexity index is 1660. The molecular weight excluding hydrogens is 567 g/mol. The second kappa shape index (κ2) is 12.0. The number of primary amides is 1. The number of pyridine rings is 1. The average molecular weight is 597 g/mol. The van der Waals surface area contributed by atoms with Crippen LogP contribution >= 0.6 is 0 Å². The zero-order chi connectivity index (χ0) is 30.9. The number of nitrogens with one attached hydrogen (secondary N) is 1. The van der Waals surface area contributed by atoms with E-state index >= 15 is 0 Å². The van der Waals surface area contributed by atoms with Crippen LogP contribution in [0, 0.1) is 11.6 Å². The van der Waals surface area contributed by atoms with E-state index in [0.29, 0.717) is 35.4 Å². The number of alkyl halides is 3. The number of carbonyl (C=O) groups excluding carboxylic acids is 2. The fourth-order valence-electron chi connectivity index (χ4n) is 5.91. The van der Waals surface area contributed by atoms with Crippen LogP contribution in [0.15, 0.2) is 67.0 Å². The average Bonchev–Trinajstić information content (AvgIpc) is 3.32. The van der Waals surface area contributed by atoms with Crippen LogP contribution in [0.25, 0.3) is 11.1 Å². The second-order valence-electron chi connectivity index (χ2n) is 10.8. The molecule has 1 aliphatic carbocycles. The molecule has 0 bridgehead atoms. The number of benzene rings is 2. The fourth-order valence-corrected chi connectivity index (χ4v) is 5.91. The zero-order valence-electron chi connectivity index (χ0n) is 23.2. The Labute approximate surface area is 244 Å². The van der Waals surface area contributed by atoms with Crippen LogP contribution in [0.3, 0.4) is 0 Å². The van der Waals surface area contributed by atoms with E-state index in [0.717, 1.165) is 24.4 Å². The first-order valence-corrected chi connectivity index (χ1v) is 13.8. The Morgan fingerprint density at radius 3 is 2.53 bits per heavy atom. The molecule has 2 aromatic heterocycles. The number of nitrogens with two attached hydrogens (primary N) is 1. The van der Waals surface area contributed by atoms with Crippen molar-refractivity contribution in [1.82, 2.24) is 14.9 Å². The van der Waals surface area contributed by atoms with E-state index < -0.39 is 47.8 Å². The largest absolute Gasteiger partial charge is 0.418 e. The molecule has 11 heteroatoms. The standard InChI is InChI=1S/C32H29F5N4O2/c1-18-5-2-8-25-26(32(35,36)37)16-41(30(18)25)17-28(42)40-27(13-19-11-22(33)15-23(34)12-19)29-24(9-4-10-39-29)20-6-3-7-21(14-20)31(38)43/h3-4,6-7,9-12,14-16,18,27H,2,5,8,13,17H2,1H3,(H2,38,43)(H,40,42)/t18?,27-/m0/s1. The summed E-state index contributed by atoms with van der Waals surface area (Å²) in [5.41, 5.74) is 7.32. The van der Waals surface area contributed by atoms with Gasteiger partial charge in [0.1, 0.15) is 18.2 Å². The van der Waals surface area contributed by atoms with Gasteiger partial charge in [-0.3, -0.25) is 14.6 Å². The Balaban J connectivity index is 1.53. The highest BCUT2D eigenvalue weighted by Crippen LogP contribution is 2.41. The maximum absolute atomic E-state index is 14.1. The molecule has 43 heavy (non-hydrogen) atoms. The molecule has 0 fully saturated rings. The van der Waals surface area contributed by atoms with E-state index in [9.17, 15) is 31.5 Å². The fraction of sp³-hybridized carbons (Fsp3) is 0.281. The van der Waals surface area contributed by atoms with Gasteiger partial charge in [0, 0.05) is 35.3 Å². The van der Waals surface area contributed by atoms with Crippen LogP contribution in [-0.4, -0.2) is 21.4 Å². The Morgan fingerprint density at radius 1 is 1.09 bits per heavy atom. The molecule has 0 spiro atoms. The number of fused-ring (bicyclic) bond motifs is 1. The van der Waals surface area contributed by atoms with E-state index in [1.165, 1.54) is 10.8 Å². The van der Waals surface area contributed by atoms with Crippen LogP contribution in [0.2, 0.25) is 0 Å². The first-order chi connectivity index (χ1) is 20.4. The molecule has 0 aliphatic heterocycles. The molecule has 4 aromatic rings. The van der Waals surface area contributed by atoms with Gasteiger partial charge >= 0.3 is 6.18 Å². The van der Waals surface area contributed by atoms with Gasteiger partial charge in [0.2, 0.25) is 11.8 Å². The monoisotopic (exact) mass is 596 g/mol. The van der Waals surface area contributed by atoms with Gasteiger partial charge in [-0.05, 0) is 78.6 Å². The van der Waals surface area contributed by atoms with E-state index in [2.05, 4.69) is 10.3 Å². The van der Waals surface area contributed by atoms with Gasteiger partial charge in [-0.15, -0.1) is 0 Å². The maximum Gasteiger partial charge on any atom is 0.418 e. The number of hydrogen-bond donors (Lipinski definition) is 2. The number of amides is 2. The van der Waals surface area contributed by atoms with Crippen LogP contribution in [-0.2, 0) is 30.4 Å². The molecule has 0 saturated heterocycles. The minimum atomic E-state index is -4.56. The lowest BCUT2D eigenvalue weighted by Crippen LogP contribution is -2.34. The summed E-state index contributed by atoms with van der Waals surface area (Å²) in [6.07, 6.45) is -0.557. The van der Waals surface area contributed by atoms with E-state index in [4.69, 9.17) is 5.73 Å². The number of nitrogens with zero attached hydrogens (tertiary/aromatic N) is 2. The molecule has 1 unspecified atom stereocenters. The van der Waals surface area contributed by atoms with E-state index in [1.54, 1.807) is 36.4 Å². The highest BCUT2D eigenvalue weighted by Gasteiger charge is 2.39. The number of carbonyl (C=O) groups is 2. The van der Waals surface area contributed by atoms with Crippen molar-refractivity contribution in [2.45, 2.75) is 57.3 Å². The zero-order valence-corrected chi connectivity index (χ0v) is 23.2. The quantitative estimate of drug-likeness (QED) is 0.228. The number of aromatic nitrogens is 2. The highest BCUT2D eigenvalue weighted by atomic mass is 19.4. The van der Waals surface area contributed by atoms with Crippen molar-refractivity contribution in [1.29, 1.82) is 0 Å². The van der Waals surface area contributed by atoms with E-state index in [1.807, 2.05) is 6.92 Å². The van der Waals surface area contributed by atoms with Gasteiger partial charge in [-0.1, -0.05) is 25.1 Å². The van der Waals surface area contributed by atoms with Gasteiger partial charge in [-0.25, -0.2) is 8.78 Å². The first kappa shape index (κ1) is 29.9. The summed E-state index contributed by atoms with van der Waals surface area (Å²) in [6, 6.07) is 11.9. The minimum absolute atomic E-state index is 0.0755. The summed E-state index contributed by atoms with van der Waals surface area (Å²) < 4.78 is 71.2. The third-order valence-corrected chi connectivity index (χ3v) is 7.70. The SMILES string of the molecule is CC1CCCc2c(C(F)(F)F)cn(CC(=O)N[C@@H](Cc3cc(F)cc(F)c3)c3ncccc3-c3cccc(C(N)=O)c3)c21. The van der Waals surface area contributed by atoms with Crippen LogP contribution in [0.1, 0.15) is 70.2 Å². The maximum atomic E-state index is 14.1. The first-order valence-electron chi connectivity index (χ1n) is 13.8. The minimum Gasteiger partial charge on any atom is -0.366 e. The second-order valence-corrected chi connectivity index (χ2v) is 10.8. The van der Waals surface area contributed by atoms with Gasteiger partial charge < -0.3 is 15.6 Å². The predicted octanol–water partition coefficient (Wildman–Crippen LogP) is 6.49. The molecule has 0 saturated carbocycles. The van der Waals surface area contributed by atoms with Crippen molar-refractivity contribution in [2.75, 3.05) is 0 Å². The molecule has 2 heterocycles. The van der Waals surface area contributed by atoms with Crippen LogP contribution < -0.4 is 11.1 Å². The van der Waals surface area contributed by atoms with Crippen LogP contribution in [0.5, 0.6) is 0 Å². The van der Waals surface area contributed by atoms with Crippen molar-refractivity contribution in [3.8, 4) is 11.1 Å². The van der Waals surface area contributed by atoms with Crippen molar-refractivity contribution in [3.63, 3.8) is 0 Å². The summed E-state index contributed by atoms with van der Waals surface area (Å²) in [5, 5.41) is 2.85. The molecule has 2 atom stereocenters. The van der Waals surface area contributed by atoms with E-state index in [-0.39, 0.29) is 35.4 Å². The van der Waals surface area contributed by atoms with Gasteiger partial charge in [0.15, 0.2) is 0 Å². The van der Waals surface area contributed by atoms with Crippen molar-refractivity contribution in [3.05, 3.63) is 112 Å². The Hall–Kier alpha value is -4.54. The number of rotatable bonds is 8. The molecule has 3 N–H and O–H groups in total. The Morgan fingerprint density at radius 2 is 1.84 bits per heavy atom. The molecule has 2 amide bonds. The Kier molecular flexibility index (Phi) is 8.34. The van der Waals surface area contributed by atoms with Gasteiger partial charge in [0.05, 0.1) is 17.3 Å². The normalized spacial score (nSPS) is 15.5. The summed E-state index contributed by atoms with van der Waals surface area (Å²) in [6.45, 7) is 1.45. The van der Waals surface area contributed by atoms with Gasteiger partial charge in [0.25, 0.3) is 0 Å². The van der Waals surface area contributed by atoms with Gasteiger partial charge in [-0.2, -0.15) is 13.2 Å². The lowest BCUT2D eigenvalue weighted by Gasteiger charge is -2.24. The highest BCUT2D eigenvalue weighted by molar-refractivity contribution is 5.94. The molecule has 1 aliphatic rings. The lowest BCUT2D eigenvalue weighted by atomic mass is 9.87. The third kappa shape index (κ3) is 6.60. The molecule has 6 nitrogen and oxygen atoms in total. The predicted molar refractivity (Wildman–Crippen MR) is 150 cm³/mol. The van der Waals surface area contributed by atoms with Crippen LogP contribution in [0.4, 0.5) is 22.0 Å². The summed E-state index contributed by atoms with van der Waals surface area (Å²) in [7, 11) is 0. The third-order valence-electron chi connectivity index (χ3n) is 7.70. The molecular formula is C32H29F5N4O2. The van der Waals surface area contributed by atoms with Crippen molar-refractivity contribution < 1.29 is 31.5 Å². The molecule has 224 valence electrons. The molecule has 2 aromatic carbocycles. The summed E-state index contributed by atoms with van der Waals surface area (Å²) in [5.74, 6) is -3.02. The summed E-state index contributed by atoms with van der Waals surface area (Å²) in [4.78, 5) is 29.8. The lowest BCUT2D eigenvalue weighted by molar-refractivity contribution is -0.138. The molecule has 0 radical (unpaired) electrons. The molecule has 5 rings (SSSR count). The number of hydrogen-bond acceptors (Lipinski definition) is 3. The van der Waals surface area contributed by atoms with Crippen molar-refractivity contribution in [2.24, 2.45) is 5.73 Å². The van der Waals surface area contributed by atoms with Crippen molar-refractivity contribution >= 4 is 11.8 Å².